The summed E-state index contributed by atoms with van der Waals surface area (Å²) in [5.74, 6) is 0.171. The lowest BCUT2D eigenvalue weighted by molar-refractivity contribution is -0.141. The minimum Gasteiger partial charge on any atom is -0.379 e. The maximum absolute atomic E-state index is 12.5. The minimum absolute atomic E-state index is 0.0698. The van der Waals surface area contributed by atoms with E-state index in [1.54, 1.807) is 0 Å². The van der Waals surface area contributed by atoms with Crippen LogP contribution in [-0.2, 0) is 14.3 Å². The Bertz CT molecular complexity index is 503. The van der Waals surface area contributed by atoms with E-state index in [-0.39, 0.29) is 12.0 Å². The van der Waals surface area contributed by atoms with Crippen molar-refractivity contribution < 1.29 is 14.3 Å². The number of amides is 1. The Balaban J connectivity index is 1.57. The molecule has 3 rings (SSSR count). The van der Waals surface area contributed by atoms with Crippen molar-refractivity contribution in [3.05, 3.63) is 34.9 Å². The highest BCUT2D eigenvalue weighted by atomic mass is 35.5. The molecule has 0 N–H and O–H groups in total. The molecule has 0 aromatic heterocycles. The topological polar surface area (TPSA) is 42.0 Å². The minimum atomic E-state index is -0.0698. The third-order valence-electron chi connectivity index (χ3n) is 4.12. The van der Waals surface area contributed by atoms with Gasteiger partial charge in [-0.15, -0.1) is 0 Å². The highest BCUT2D eigenvalue weighted by Gasteiger charge is 2.26. The lowest BCUT2D eigenvalue weighted by atomic mass is 10.1. The van der Waals surface area contributed by atoms with Crippen LogP contribution in [0.3, 0.4) is 0 Å². The summed E-state index contributed by atoms with van der Waals surface area (Å²) in [5, 5.41) is 0.708. The fraction of sp³-hybridized carbons (Fsp3) is 0.562. The van der Waals surface area contributed by atoms with Crippen LogP contribution in [0.2, 0.25) is 5.02 Å². The molecule has 0 unspecified atom stereocenters. The van der Waals surface area contributed by atoms with Crippen molar-refractivity contribution >= 4 is 17.5 Å². The van der Waals surface area contributed by atoms with Crippen LogP contribution in [0.4, 0.5) is 0 Å². The van der Waals surface area contributed by atoms with Gasteiger partial charge in [-0.25, -0.2) is 0 Å². The number of benzene rings is 1. The summed E-state index contributed by atoms with van der Waals surface area (Å²) in [6.45, 7) is 5.39. The maximum atomic E-state index is 12.5. The third-order valence-corrected chi connectivity index (χ3v) is 4.38. The Morgan fingerprint density at radius 2 is 1.86 bits per heavy atom. The monoisotopic (exact) mass is 324 g/mol. The van der Waals surface area contributed by atoms with Crippen molar-refractivity contribution in [1.29, 1.82) is 0 Å². The first-order chi connectivity index (χ1) is 10.7. The van der Waals surface area contributed by atoms with E-state index in [4.69, 9.17) is 21.1 Å². The first kappa shape index (κ1) is 15.7. The van der Waals surface area contributed by atoms with E-state index in [0.29, 0.717) is 44.5 Å². The average Bonchev–Trinajstić information content (AvgIpc) is 2.56. The van der Waals surface area contributed by atoms with Gasteiger partial charge in [-0.2, -0.15) is 0 Å². The van der Waals surface area contributed by atoms with Crippen molar-refractivity contribution in [3.8, 4) is 0 Å². The van der Waals surface area contributed by atoms with Crippen LogP contribution in [0.5, 0.6) is 0 Å². The predicted octanol–water partition coefficient (Wildman–Crippen LogP) is 1.57. The zero-order valence-corrected chi connectivity index (χ0v) is 13.3. The number of carbonyl (C=O) groups excluding carboxylic acids is 1. The molecule has 1 amide bonds. The molecular weight excluding hydrogens is 304 g/mol. The first-order valence-electron chi connectivity index (χ1n) is 7.67. The molecular formula is C16H21ClN2O3. The molecule has 0 saturated carbocycles. The Morgan fingerprint density at radius 1 is 1.14 bits per heavy atom. The van der Waals surface area contributed by atoms with Crippen molar-refractivity contribution in [1.82, 2.24) is 9.80 Å². The predicted molar refractivity (Wildman–Crippen MR) is 84.0 cm³/mol. The summed E-state index contributed by atoms with van der Waals surface area (Å²) in [5.41, 5.74) is 1.06. The van der Waals surface area contributed by atoms with Crippen molar-refractivity contribution in [2.24, 2.45) is 0 Å². The quantitative estimate of drug-likeness (QED) is 0.846. The molecule has 0 bridgehead atoms. The van der Waals surface area contributed by atoms with Gasteiger partial charge in [0, 0.05) is 24.7 Å². The molecule has 2 heterocycles. The number of ether oxygens (including phenoxy) is 2. The van der Waals surface area contributed by atoms with Gasteiger partial charge in [-0.05, 0) is 17.7 Å². The lowest BCUT2D eigenvalue weighted by Crippen LogP contribution is -2.48. The summed E-state index contributed by atoms with van der Waals surface area (Å²) in [7, 11) is 0. The molecule has 1 atom stereocenters. The van der Waals surface area contributed by atoms with Crippen LogP contribution in [0.1, 0.15) is 11.7 Å². The van der Waals surface area contributed by atoms with Gasteiger partial charge in [0.15, 0.2) is 0 Å². The second-order valence-corrected chi connectivity index (χ2v) is 6.08. The average molecular weight is 325 g/mol. The van der Waals surface area contributed by atoms with Gasteiger partial charge in [0.2, 0.25) is 5.91 Å². The van der Waals surface area contributed by atoms with Gasteiger partial charge >= 0.3 is 0 Å². The van der Waals surface area contributed by atoms with Gasteiger partial charge in [-0.1, -0.05) is 23.7 Å². The van der Waals surface area contributed by atoms with Crippen molar-refractivity contribution in [3.63, 3.8) is 0 Å². The van der Waals surface area contributed by atoms with Gasteiger partial charge in [-0.3, -0.25) is 9.69 Å². The van der Waals surface area contributed by atoms with E-state index < -0.39 is 0 Å². The highest BCUT2D eigenvalue weighted by Crippen LogP contribution is 2.23. The molecule has 6 heteroatoms. The van der Waals surface area contributed by atoms with Gasteiger partial charge < -0.3 is 14.4 Å². The molecule has 2 aliphatic rings. The zero-order chi connectivity index (χ0) is 15.4. The molecule has 5 nitrogen and oxygen atoms in total. The van der Waals surface area contributed by atoms with E-state index in [1.807, 2.05) is 29.2 Å². The molecule has 2 fully saturated rings. The van der Waals surface area contributed by atoms with Gasteiger partial charge in [0.25, 0.3) is 0 Å². The standard InChI is InChI=1S/C16H21ClN2O3/c17-14-3-1-13(2-4-14)15-11-19(7-10-22-15)16(20)12-18-5-8-21-9-6-18/h1-4,15H,5-12H2/t15-/m0/s1. The van der Waals surface area contributed by atoms with Crippen molar-refractivity contribution in [2.75, 3.05) is 52.5 Å². The third kappa shape index (κ3) is 3.98. The number of nitrogens with zero attached hydrogens (tertiary/aromatic N) is 2. The van der Waals surface area contributed by atoms with Crippen LogP contribution in [0, 0.1) is 0 Å². The number of rotatable bonds is 3. The molecule has 1 aromatic rings. The van der Waals surface area contributed by atoms with Crippen molar-refractivity contribution in [2.45, 2.75) is 6.10 Å². The Morgan fingerprint density at radius 3 is 2.59 bits per heavy atom. The largest absolute Gasteiger partial charge is 0.379 e. The summed E-state index contributed by atoms with van der Waals surface area (Å²) in [6.07, 6.45) is -0.0698. The van der Waals surface area contributed by atoms with E-state index in [9.17, 15) is 4.79 Å². The summed E-state index contributed by atoms with van der Waals surface area (Å²) >= 11 is 5.92. The van der Waals surface area contributed by atoms with E-state index in [0.717, 1.165) is 18.7 Å². The second-order valence-electron chi connectivity index (χ2n) is 5.64. The lowest BCUT2D eigenvalue weighted by Gasteiger charge is -2.35. The molecule has 0 aliphatic carbocycles. The zero-order valence-electron chi connectivity index (χ0n) is 12.5. The number of halogens is 1. The Labute approximate surface area is 135 Å². The van der Waals surface area contributed by atoms with Crippen LogP contribution >= 0.6 is 11.6 Å². The Kier molecular flexibility index (Phi) is 5.31. The van der Waals surface area contributed by atoms with E-state index >= 15 is 0 Å². The summed E-state index contributed by atoms with van der Waals surface area (Å²) in [4.78, 5) is 16.5. The molecule has 120 valence electrons. The second kappa shape index (κ2) is 7.42. The van der Waals surface area contributed by atoms with Crippen LogP contribution < -0.4 is 0 Å². The van der Waals surface area contributed by atoms with Crippen LogP contribution in [-0.4, -0.2) is 68.3 Å². The number of hydrogen-bond donors (Lipinski definition) is 0. The van der Waals surface area contributed by atoms with Gasteiger partial charge in [0.1, 0.15) is 6.10 Å². The smallest absolute Gasteiger partial charge is 0.236 e. The molecule has 0 radical (unpaired) electrons. The number of morpholine rings is 2. The highest BCUT2D eigenvalue weighted by molar-refractivity contribution is 6.30. The van der Waals surface area contributed by atoms with Crippen LogP contribution in [0.15, 0.2) is 24.3 Å². The fourth-order valence-electron chi connectivity index (χ4n) is 2.81. The molecule has 22 heavy (non-hydrogen) atoms. The van der Waals surface area contributed by atoms with Gasteiger partial charge in [0.05, 0.1) is 32.9 Å². The normalized spacial score (nSPS) is 23.5. The molecule has 0 spiro atoms. The number of hydrogen-bond acceptors (Lipinski definition) is 4. The van der Waals surface area contributed by atoms with Crippen LogP contribution in [0.25, 0.3) is 0 Å². The number of carbonyl (C=O) groups is 1. The van der Waals surface area contributed by atoms with E-state index in [1.165, 1.54) is 0 Å². The first-order valence-corrected chi connectivity index (χ1v) is 8.05. The molecule has 2 saturated heterocycles. The summed E-state index contributed by atoms with van der Waals surface area (Å²) in [6, 6.07) is 7.63. The maximum Gasteiger partial charge on any atom is 0.236 e. The van der Waals surface area contributed by atoms with E-state index in [2.05, 4.69) is 4.90 Å². The molecule has 1 aromatic carbocycles. The Hall–Kier alpha value is -1.14. The molecule has 2 aliphatic heterocycles. The SMILES string of the molecule is O=C(CN1CCOCC1)N1CCO[C@H](c2ccc(Cl)cc2)C1. The summed E-state index contributed by atoms with van der Waals surface area (Å²) < 4.78 is 11.1. The fourth-order valence-corrected chi connectivity index (χ4v) is 2.93.